The standard InChI is InChI=1S/C20H22O7/c1-22-13-8-6-12(7-9-13)20(26-5)19(25-4)17(21)16-14(27-20)10-11-15(23-2)18(16)24-3/h6-11,19H,1-5H3. The second kappa shape index (κ2) is 7.46. The summed E-state index contributed by atoms with van der Waals surface area (Å²) in [5.74, 6) is -0.0624. The molecule has 0 saturated heterocycles. The van der Waals surface area contributed by atoms with Crippen molar-refractivity contribution in [1.29, 1.82) is 0 Å². The summed E-state index contributed by atoms with van der Waals surface area (Å²) >= 11 is 0. The van der Waals surface area contributed by atoms with E-state index in [-0.39, 0.29) is 11.3 Å². The van der Waals surface area contributed by atoms with E-state index in [9.17, 15) is 4.79 Å². The predicted octanol–water partition coefficient (Wildman–Crippen LogP) is 2.80. The summed E-state index contributed by atoms with van der Waals surface area (Å²) in [5, 5.41) is 0. The lowest BCUT2D eigenvalue weighted by Gasteiger charge is -2.42. The van der Waals surface area contributed by atoms with Crippen LogP contribution in [0.2, 0.25) is 0 Å². The van der Waals surface area contributed by atoms with Crippen LogP contribution in [0.15, 0.2) is 36.4 Å². The van der Waals surface area contributed by atoms with Gasteiger partial charge in [0.15, 0.2) is 17.6 Å². The first kappa shape index (κ1) is 19.0. The Morgan fingerprint density at radius 1 is 0.889 bits per heavy atom. The first-order valence-electron chi connectivity index (χ1n) is 8.27. The summed E-state index contributed by atoms with van der Waals surface area (Å²) < 4.78 is 33.3. The van der Waals surface area contributed by atoms with Crippen molar-refractivity contribution in [1.82, 2.24) is 0 Å². The molecule has 2 aromatic carbocycles. The molecule has 2 aromatic rings. The van der Waals surface area contributed by atoms with Crippen LogP contribution in [0.5, 0.6) is 23.0 Å². The Morgan fingerprint density at radius 3 is 2.11 bits per heavy atom. The van der Waals surface area contributed by atoms with Gasteiger partial charge in [0.05, 0.1) is 21.3 Å². The zero-order valence-electron chi connectivity index (χ0n) is 15.9. The first-order valence-corrected chi connectivity index (χ1v) is 8.27. The van der Waals surface area contributed by atoms with Crippen LogP contribution in [0.1, 0.15) is 15.9 Å². The maximum Gasteiger partial charge on any atom is 0.271 e. The summed E-state index contributed by atoms with van der Waals surface area (Å²) in [7, 11) is 7.45. The molecule has 0 aliphatic carbocycles. The largest absolute Gasteiger partial charge is 0.497 e. The van der Waals surface area contributed by atoms with Gasteiger partial charge in [-0.05, 0) is 36.4 Å². The number of hydrogen-bond donors (Lipinski definition) is 0. The second-order valence-corrected chi connectivity index (χ2v) is 5.86. The number of ether oxygens (including phenoxy) is 6. The van der Waals surface area contributed by atoms with Crippen molar-refractivity contribution >= 4 is 5.78 Å². The molecule has 0 fully saturated rings. The van der Waals surface area contributed by atoms with Gasteiger partial charge in [-0.15, -0.1) is 0 Å². The van der Waals surface area contributed by atoms with E-state index >= 15 is 0 Å². The summed E-state index contributed by atoms with van der Waals surface area (Å²) in [6.45, 7) is 0. The average Bonchev–Trinajstić information content (AvgIpc) is 2.72. The van der Waals surface area contributed by atoms with Crippen LogP contribution in [0.25, 0.3) is 0 Å². The fraction of sp³-hybridized carbons (Fsp3) is 0.350. The Kier molecular flexibility index (Phi) is 5.25. The van der Waals surface area contributed by atoms with Gasteiger partial charge in [0, 0.05) is 19.8 Å². The number of fused-ring (bicyclic) bond motifs is 1. The predicted molar refractivity (Wildman–Crippen MR) is 97.0 cm³/mol. The van der Waals surface area contributed by atoms with Crippen LogP contribution in [0, 0.1) is 0 Å². The van der Waals surface area contributed by atoms with E-state index in [1.165, 1.54) is 28.4 Å². The molecule has 27 heavy (non-hydrogen) atoms. The number of methoxy groups -OCH3 is 5. The molecule has 0 saturated carbocycles. The maximum absolute atomic E-state index is 13.3. The van der Waals surface area contributed by atoms with E-state index in [0.717, 1.165) is 0 Å². The van der Waals surface area contributed by atoms with Gasteiger partial charge in [0.25, 0.3) is 5.79 Å². The molecular formula is C20H22O7. The maximum atomic E-state index is 13.3. The van der Waals surface area contributed by atoms with Crippen molar-refractivity contribution in [2.45, 2.75) is 11.9 Å². The van der Waals surface area contributed by atoms with Crippen LogP contribution in [-0.2, 0) is 15.3 Å². The summed E-state index contributed by atoms with van der Waals surface area (Å²) in [5.41, 5.74) is 0.872. The quantitative estimate of drug-likeness (QED) is 0.770. The minimum absolute atomic E-state index is 0.255. The molecule has 0 spiro atoms. The van der Waals surface area contributed by atoms with Crippen molar-refractivity contribution in [2.75, 3.05) is 35.5 Å². The monoisotopic (exact) mass is 374 g/mol. The lowest BCUT2D eigenvalue weighted by atomic mass is 9.89. The molecule has 3 rings (SSSR count). The number of rotatable bonds is 6. The molecule has 0 amide bonds. The van der Waals surface area contributed by atoms with Crippen molar-refractivity contribution in [3.05, 3.63) is 47.5 Å². The van der Waals surface area contributed by atoms with Crippen LogP contribution < -0.4 is 18.9 Å². The van der Waals surface area contributed by atoms with Crippen molar-refractivity contribution < 1.29 is 33.2 Å². The van der Waals surface area contributed by atoms with Crippen molar-refractivity contribution in [3.63, 3.8) is 0 Å². The summed E-state index contributed by atoms with van der Waals surface area (Å²) in [6.07, 6.45) is -1.05. The molecule has 2 unspecified atom stereocenters. The van der Waals surface area contributed by atoms with Gasteiger partial charge in [0.2, 0.25) is 5.78 Å². The Labute approximate surface area is 157 Å². The Balaban J connectivity index is 2.19. The Bertz CT molecular complexity index is 831. The lowest BCUT2D eigenvalue weighted by Crippen LogP contribution is -2.54. The lowest BCUT2D eigenvalue weighted by molar-refractivity contribution is -0.230. The first-order chi connectivity index (χ1) is 13.1. The van der Waals surface area contributed by atoms with Crippen LogP contribution >= 0.6 is 0 Å². The van der Waals surface area contributed by atoms with Crippen LogP contribution in [-0.4, -0.2) is 47.4 Å². The molecule has 7 heteroatoms. The molecule has 7 nitrogen and oxygen atoms in total. The number of benzene rings is 2. The second-order valence-electron chi connectivity index (χ2n) is 5.86. The van der Waals surface area contributed by atoms with E-state index in [2.05, 4.69) is 0 Å². The summed E-state index contributed by atoms with van der Waals surface area (Å²) in [4.78, 5) is 13.3. The average molecular weight is 374 g/mol. The number of carbonyl (C=O) groups is 1. The third-order valence-corrected chi connectivity index (χ3v) is 4.63. The minimum Gasteiger partial charge on any atom is -0.497 e. The highest BCUT2D eigenvalue weighted by atomic mass is 16.7. The number of hydrogen-bond acceptors (Lipinski definition) is 7. The van der Waals surface area contributed by atoms with E-state index in [1.54, 1.807) is 43.5 Å². The smallest absolute Gasteiger partial charge is 0.271 e. The van der Waals surface area contributed by atoms with Gasteiger partial charge in [0.1, 0.15) is 17.1 Å². The third kappa shape index (κ3) is 2.89. The van der Waals surface area contributed by atoms with E-state index in [0.29, 0.717) is 28.6 Å². The van der Waals surface area contributed by atoms with Gasteiger partial charge in [-0.2, -0.15) is 0 Å². The van der Waals surface area contributed by atoms with Crippen LogP contribution in [0.4, 0.5) is 0 Å². The van der Waals surface area contributed by atoms with Gasteiger partial charge < -0.3 is 28.4 Å². The normalized spacial score (nSPS) is 21.2. The topological polar surface area (TPSA) is 72.5 Å². The molecular weight excluding hydrogens is 352 g/mol. The molecule has 1 aliphatic rings. The van der Waals surface area contributed by atoms with E-state index in [1.807, 2.05) is 0 Å². The molecule has 144 valence electrons. The van der Waals surface area contributed by atoms with Gasteiger partial charge >= 0.3 is 0 Å². The summed E-state index contributed by atoms with van der Waals surface area (Å²) in [6, 6.07) is 10.4. The molecule has 0 N–H and O–H groups in total. The van der Waals surface area contributed by atoms with Gasteiger partial charge in [-0.25, -0.2) is 0 Å². The number of ketones is 1. The van der Waals surface area contributed by atoms with Crippen molar-refractivity contribution in [3.8, 4) is 23.0 Å². The molecule has 0 radical (unpaired) electrons. The Morgan fingerprint density at radius 2 is 1.59 bits per heavy atom. The number of carbonyl (C=O) groups excluding carboxylic acids is 1. The van der Waals surface area contributed by atoms with Crippen molar-refractivity contribution in [2.24, 2.45) is 0 Å². The van der Waals surface area contributed by atoms with Gasteiger partial charge in [-0.3, -0.25) is 4.79 Å². The Hall–Kier alpha value is -2.77. The molecule has 0 bridgehead atoms. The number of Topliss-reactive ketones (excluding diaryl/α,β-unsaturated/α-hetero) is 1. The third-order valence-electron chi connectivity index (χ3n) is 4.63. The van der Waals surface area contributed by atoms with E-state index < -0.39 is 11.9 Å². The highest BCUT2D eigenvalue weighted by Crippen LogP contribution is 2.47. The molecule has 2 atom stereocenters. The van der Waals surface area contributed by atoms with Crippen LogP contribution in [0.3, 0.4) is 0 Å². The highest BCUT2D eigenvalue weighted by Gasteiger charge is 2.54. The minimum atomic E-state index is -1.45. The molecule has 1 aliphatic heterocycles. The van der Waals surface area contributed by atoms with Gasteiger partial charge in [-0.1, -0.05) is 0 Å². The highest BCUT2D eigenvalue weighted by molar-refractivity contribution is 6.06. The SMILES string of the molecule is COc1ccc(C2(OC)Oc3ccc(OC)c(OC)c3C(=O)C2OC)cc1. The zero-order valence-corrected chi connectivity index (χ0v) is 15.9. The fourth-order valence-electron chi connectivity index (χ4n) is 3.31. The fourth-order valence-corrected chi connectivity index (χ4v) is 3.31. The molecule has 1 heterocycles. The van der Waals surface area contributed by atoms with E-state index in [4.69, 9.17) is 28.4 Å². The molecule has 0 aromatic heterocycles. The zero-order chi connectivity index (χ0) is 19.6.